The van der Waals surface area contributed by atoms with E-state index in [4.69, 9.17) is 0 Å². The highest BCUT2D eigenvalue weighted by Crippen LogP contribution is 2.12. The molecule has 1 heterocycles. The molecular weight excluding hydrogens is 228 g/mol. The van der Waals surface area contributed by atoms with Crippen molar-refractivity contribution in [1.29, 1.82) is 0 Å². The molecule has 98 valence electrons. The van der Waals surface area contributed by atoms with E-state index in [-0.39, 0.29) is 0 Å². The normalized spacial score (nSPS) is 20.8. The van der Waals surface area contributed by atoms with E-state index in [2.05, 4.69) is 36.5 Å². The van der Waals surface area contributed by atoms with Gasteiger partial charge in [0.2, 0.25) is 0 Å². The van der Waals surface area contributed by atoms with Gasteiger partial charge in [-0.15, -0.1) is 0 Å². The van der Waals surface area contributed by atoms with Gasteiger partial charge in [0, 0.05) is 26.2 Å². The Balaban J connectivity index is 2.03. The Kier molecular flexibility index (Phi) is 4.33. The second-order valence-corrected chi connectivity index (χ2v) is 4.70. The van der Waals surface area contributed by atoms with E-state index in [0.29, 0.717) is 13.1 Å². The zero-order chi connectivity index (χ0) is 13.0. The predicted molar refractivity (Wildman–Crippen MR) is 70.5 cm³/mol. The van der Waals surface area contributed by atoms with Crippen LogP contribution in [0.25, 0.3) is 0 Å². The Bertz CT molecular complexity index is 403. The fourth-order valence-corrected chi connectivity index (χ4v) is 2.29. The quantitative estimate of drug-likeness (QED) is 0.838. The van der Waals surface area contributed by atoms with Crippen LogP contribution in [0, 0.1) is 0 Å². The summed E-state index contributed by atoms with van der Waals surface area (Å²) in [6.45, 7) is 5.01. The number of aryl methyl sites for hydroxylation is 1. The van der Waals surface area contributed by atoms with Crippen molar-refractivity contribution < 1.29 is 9.90 Å². The number of benzene rings is 1. The molecule has 1 unspecified atom stereocenters. The van der Waals surface area contributed by atoms with Gasteiger partial charge in [-0.25, -0.2) is 0 Å². The highest BCUT2D eigenvalue weighted by atomic mass is 16.4. The predicted octanol–water partition coefficient (Wildman–Crippen LogP) is 1.11. The molecule has 0 saturated carbocycles. The van der Waals surface area contributed by atoms with Gasteiger partial charge in [-0.2, -0.15) is 0 Å². The first kappa shape index (κ1) is 13.1. The largest absolute Gasteiger partial charge is 0.480 e. The van der Waals surface area contributed by atoms with Crippen LogP contribution in [0.2, 0.25) is 0 Å². The number of aliphatic carboxylic acids is 1. The molecule has 0 spiro atoms. The van der Waals surface area contributed by atoms with Gasteiger partial charge in [-0.1, -0.05) is 31.2 Å². The van der Waals surface area contributed by atoms with Crippen LogP contribution in [-0.2, 0) is 17.8 Å². The van der Waals surface area contributed by atoms with Gasteiger partial charge >= 0.3 is 5.97 Å². The van der Waals surface area contributed by atoms with E-state index >= 15 is 0 Å². The highest BCUT2D eigenvalue weighted by molar-refractivity contribution is 5.74. The first-order chi connectivity index (χ1) is 8.70. The number of carboxylic acid groups (broad SMARTS) is 1. The number of piperazine rings is 1. The highest BCUT2D eigenvalue weighted by Gasteiger charge is 2.27. The van der Waals surface area contributed by atoms with Gasteiger partial charge in [0.15, 0.2) is 0 Å². The second-order valence-electron chi connectivity index (χ2n) is 4.70. The van der Waals surface area contributed by atoms with Gasteiger partial charge in [0.25, 0.3) is 0 Å². The number of hydrogen-bond acceptors (Lipinski definition) is 3. The average molecular weight is 248 g/mol. The molecule has 0 aromatic heterocycles. The molecule has 1 aromatic carbocycles. The summed E-state index contributed by atoms with van der Waals surface area (Å²) >= 11 is 0. The standard InChI is InChI=1S/C14H20N2O2/c1-2-11-3-5-12(6-4-11)10-16-8-7-15-9-13(16)14(17)18/h3-6,13,15H,2,7-10H2,1H3,(H,17,18). The lowest BCUT2D eigenvalue weighted by atomic mass is 10.1. The number of nitrogens with one attached hydrogen (secondary N) is 1. The van der Waals surface area contributed by atoms with Crippen LogP contribution < -0.4 is 5.32 Å². The van der Waals surface area contributed by atoms with E-state index in [9.17, 15) is 9.90 Å². The third-order valence-corrected chi connectivity index (χ3v) is 3.46. The minimum atomic E-state index is -0.743. The minimum absolute atomic E-state index is 0.412. The molecule has 1 fully saturated rings. The van der Waals surface area contributed by atoms with E-state index in [0.717, 1.165) is 19.5 Å². The molecule has 2 rings (SSSR count). The summed E-state index contributed by atoms with van der Waals surface area (Å²) in [6, 6.07) is 8.02. The van der Waals surface area contributed by atoms with Crippen molar-refractivity contribution >= 4 is 5.97 Å². The van der Waals surface area contributed by atoms with Crippen LogP contribution in [0.5, 0.6) is 0 Å². The van der Waals surface area contributed by atoms with Gasteiger partial charge in [0.1, 0.15) is 6.04 Å². The summed E-state index contributed by atoms with van der Waals surface area (Å²) < 4.78 is 0. The molecule has 1 aromatic rings. The van der Waals surface area contributed by atoms with Crippen molar-refractivity contribution in [1.82, 2.24) is 10.2 Å². The first-order valence-corrected chi connectivity index (χ1v) is 6.46. The van der Waals surface area contributed by atoms with Gasteiger partial charge in [0.05, 0.1) is 0 Å². The molecule has 2 N–H and O–H groups in total. The van der Waals surface area contributed by atoms with Crippen LogP contribution in [0.3, 0.4) is 0 Å². The topological polar surface area (TPSA) is 52.6 Å². The lowest BCUT2D eigenvalue weighted by Crippen LogP contribution is -2.54. The molecule has 0 amide bonds. The van der Waals surface area contributed by atoms with Crippen LogP contribution in [0.4, 0.5) is 0 Å². The molecule has 4 nitrogen and oxygen atoms in total. The Hall–Kier alpha value is -1.39. The SMILES string of the molecule is CCc1ccc(CN2CCNCC2C(=O)O)cc1. The zero-order valence-corrected chi connectivity index (χ0v) is 10.7. The van der Waals surface area contributed by atoms with Crippen LogP contribution in [0.1, 0.15) is 18.1 Å². The van der Waals surface area contributed by atoms with Crippen LogP contribution in [0.15, 0.2) is 24.3 Å². The Morgan fingerprint density at radius 2 is 2.06 bits per heavy atom. The summed E-state index contributed by atoms with van der Waals surface area (Å²) in [6.07, 6.45) is 1.03. The van der Waals surface area contributed by atoms with E-state index in [1.807, 2.05) is 4.90 Å². The van der Waals surface area contributed by atoms with Gasteiger partial charge in [-0.3, -0.25) is 9.69 Å². The fourth-order valence-electron chi connectivity index (χ4n) is 2.29. The fraction of sp³-hybridized carbons (Fsp3) is 0.500. The first-order valence-electron chi connectivity index (χ1n) is 6.46. The summed E-state index contributed by atoms with van der Waals surface area (Å²) in [5.74, 6) is -0.743. The van der Waals surface area contributed by atoms with Crippen molar-refractivity contribution in [3.63, 3.8) is 0 Å². The Labute approximate surface area is 108 Å². The number of hydrogen-bond donors (Lipinski definition) is 2. The van der Waals surface area contributed by atoms with Crippen molar-refractivity contribution in [2.45, 2.75) is 25.9 Å². The smallest absolute Gasteiger partial charge is 0.322 e. The maximum Gasteiger partial charge on any atom is 0.322 e. The molecule has 1 saturated heterocycles. The zero-order valence-electron chi connectivity index (χ0n) is 10.7. The second kappa shape index (κ2) is 5.98. The van der Waals surface area contributed by atoms with E-state index < -0.39 is 12.0 Å². The third-order valence-electron chi connectivity index (χ3n) is 3.46. The molecule has 1 atom stereocenters. The van der Waals surface area contributed by atoms with E-state index in [1.54, 1.807) is 0 Å². The number of rotatable bonds is 4. The van der Waals surface area contributed by atoms with Crippen molar-refractivity contribution in [2.24, 2.45) is 0 Å². The van der Waals surface area contributed by atoms with Crippen LogP contribution >= 0.6 is 0 Å². The number of nitrogens with zero attached hydrogens (tertiary/aromatic N) is 1. The summed E-state index contributed by atoms with van der Waals surface area (Å²) in [7, 11) is 0. The molecule has 1 aliphatic heterocycles. The molecular formula is C14H20N2O2. The molecule has 18 heavy (non-hydrogen) atoms. The minimum Gasteiger partial charge on any atom is -0.480 e. The van der Waals surface area contributed by atoms with Crippen LogP contribution in [-0.4, -0.2) is 41.7 Å². The summed E-state index contributed by atoms with van der Waals surface area (Å²) in [5.41, 5.74) is 2.49. The lowest BCUT2D eigenvalue weighted by Gasteiger charge is -2.33. The Morgan fingerprint density at radius 1 is 1.39 bits per heavy atom. The van der Waals surface area contributed by atoms with Gasteiger partial charge < -0.3 is 10.4 Å². The maximum absolute atomic E-state index is 11.2. The van der Waals surface area contributed by atoms with Crippen molar-refractivity contribution in [2.75, 3.05) is 19.6 Å². The molecule has 1 aliphatic rings. The van der Waals surface area contributed by atoms with Crippen molar-refractivity contribution in [3.05, 3.63) is 35.4 Å². The monoisotopic (exact) mass is 248 g/mol. The number of carboxylic acids is 1. The number of carbonyl (C=O) groups is 1. The molecule has 0 bridgehead atoms. The maximum atomic E-state index is 11.2. The lowest BCUT2D eigenvalue weighted by molar-refractivity contribution is -0.144. The molecule has 0 radical (unpaired) electrons. The molecule has 0 aliphatic carbocycles. The van der Waals surface area contributed by atoms with E-state index in [1.165, 1.54) is 11.1 Å². The molecule has 4 heteroatoms. The third kappa shape index (κ3) is 3.09. The van der Waals surface area contributed by atoms with Gasteiger partial charge in [-0.05, 0) is 17.5 Å². The summed E-state index contributed by atoms with van der Waals surface area (Å²) in [4.78, 5) is 13.2. The Morgan fingerprint density at radius 3 is 2.67 bits per heavy atom. The summed E-state index contributed by atoms with van der Waals surface area (Å²) in [5, 5.41) is 12.3. The average Bonchev–Trinajstić information content (AvgIpc) is 2.40. The van der Waals surface area contributed by atoms with Crippen molar-refractivity contribution in [3.8, 4) is 0 Å².